The molecule has 6 nitrogen and oxygen atoms in total. The summed E-state index contributed by atoms with van der Waals surface area (Å²) in [5.74, 6) is 0. The molecular weight excluding hydrogens is 284 g/mol. The van der Waals surface area contributed by atoms with Crippen molar-refractivity contribution in [3.63, 3.8) is 0 Å². The van der Waals surface area contributed by atoms with Crippen LogP contribution in [-0.2, 0) is 13.1 Å². The molecule has 0 aromatic carbocycles. The van der Waals surface area contributed by atoms with Crippen molar-refractivity contribution in [1.82, 2.24) is 24.9 Å². The molecule has 21 heavy (non-hydrogen) atoms. The molecule has 2 rings (SSSR count). The fourth-order valence-corrected chi connectivity index (χ4v) is 2.17. The summed E-state index contributed by atoms with van der Waals surface area (Å²) in [6.45, 7) is 7.87. The van der Waals surface area contributed by atoms with Gasteiger partial charge in [-0.2, -0.15) is 10.2 Å². The lowest BCUT2D eigenvalue weighted by Gasteiger charge is -2.14. The quantitative estimate of drug-likeness (QED) is 0.802. The Morgan fingerprint density at radius 1 is 1.24 bits per heavy atom. The minimum absolute atomic E-state index is 0.361. The fraction of sp³-hybridized carbons (Fsp3) is 0.500. The lowest BCUT2D eigenvalue weighted by atomic mass is 10.3. The van der Waals surface area contributed by atoms with Gasteiger partial charge in [0, 0.05) is 30.5 Å². The Balaban J connectivity index is 1.90. The Kier molecular flexibility index (Phi) is 5.32. The van der Waals surface area contributed by atoms with E-state index >= 15 is 0 Å². The second-order valence-corrected chi connectivity index (χ2v) is 5.45. The second kappa shape index (κ2) is 7.21. The minimum atomic E-state index is 0.361. The molecule has 2 N–H and O–H groups in total. The van der Waals surface area contributed by atoms with Crippen molar-refractivity contribution in [2.75, 3.05) is 5.32 Å². The zero-order valence-corrected chi connectivity index (χ0v) is 13.5. The molecule has 2 aromatic heterocycles. The summed E-state index contributed by atoms with van der Waals surface area (Å²) in [6.07, 6.45) is 8.64. The molecule has 1 atom stereocenters. The standard InChI is InChI=1S/C14H22N6S/c1-4-11(3)17-14(21)18-13-7-16-20(10-13)9-12-6-15-19(5-2)8-12/h6-8,10-11H,4-5,9H2,1-3H3,(H2,17,18,21). The van der Waals surface area contributed by atoms with E-state index in [1.807, 2.05) is 28.0 Å². The Labute approximate surface area is 130 Å². The van der Waals surface area contributed by atoms with E-state index in [0.29, 0.717) is 17.7 Å². The molecule has 0 aliphatic heterocycles. The van der Waals surface area contributed by atoms with Gasteiger partial charge in [0.05, 0.1) is 24.6 Å². The number of rotatable bonds is 6. The van der Waals surface area contributed by atoms with E-state index in [1.165, 1.54) is 0 Å². The summed E-state index contributed by atoms with van der Waals surface area (Å²) >= 11 is 5.26. The summed E-state index contributed by atoms with van der Waals surface area (Å²) < 4.78 is 3.77. The van der Waals surface area contributed by atoms with Gasteiger partial charge in [-0.1, -0.05) is 6.92 Å². The maximum atomic E-state index is 5.26. The number of aromatic nitrogens is 4. The molecule has 0 saturated carbocycles. The first kappa shape index (κ1) is 15.5. The maximum Gasteiger partial charge on any atom is 0.171 e. The van der Waals surface area contributed by atoms with Crippen LogP contribution < -0.4 is 10.6 Å². The molecule has 0 radical (unpaired) electrons. The van der Waals surface area contributed by atoms with Crippen molar-refractivity contribution in [2.45, 2.75) is 46.3 Å². The maximum absolute atomic E-state index is 5.26. The van der Waals surface area contributed by atoms with Crippen LogP contribution in [0.5, 0.6) is 0 Å². The molecule has 0 spiro atoms. The molecule has 0 aliphatic rings. The van der Waals surface area contributed by atoms with Crippen molar-refractivity contribution in [3.8, 4) is 0 Å². The van der Waals surface area contributed by atoms with Gasteiger partial charge in [0.2, 0.25) is 0 Å². The van der Waals surface area contributed by atoms with Gasteiger partial charge < -0.3 is 10.6 Å². The smallest absolute Gasteiger partial charge is 0.171 e. The van der Waals surface area contributed by atoms with Crippen LogP contribution in [-0.4, -0.2) is 30.7 Å². The molecule has 0 saturated heterocycles. The van der Waals surface area contributed by atoms with E-state index in [-0.39, 0.29) is 0 Å². The predicted octanol–water partition coefficient (Wildman–Crippen LogP) is 2.23. The van der Waals surface area contributed by atoms with Crippen molar-refractivity contribution >= 4 is 23.0 Å². The first-order valence-corrected chi connectivity index (χ1v) is 7.62. The average molecular weight is 306 g/mol. The number of anilines is 1. The molecule has 2 aromatic rings. The number of hydrogen-bond donors (Lipinski definition) is 2. The first-order chi connectivity index (χ1) is 10.1. The highest BCUT2D eigenvalue weighted by Crippen LogP contribution is 2.08. The Morgan fingerprint density at radius 3 is 2.67 bits per heavy atom. The lowest BCUT2D eigenvalue weighted by molar-refractivity contribution is 0.646. The van der Waals surface area contributed by atoms with Crippen LogP contribution in [0.25, 0.3) is 0 Å². The Morgan fingerprint density at radius 2 is 2.00 bits per heavy atom. The number of aryl methyl sites for hydroxylation is 1. The summed E-state index contributed by atoms with van der Waals surface area (Å²) in [5, 5.41) is 15.6. The summed E-state index contributed by atoms with van der Waals surface area (Å²) in [4.78, 5) is 0. The second-order valence-electron chi connectivity index (χ2n) is 5.04. The highest BCUT2D eigenvalue weighted by atomic mass is 32.1. The van der Waals surface area contributed by atoms with Crippen LogP contribution in [0.4, 0.5) is 5.69 Å². The summed E-state index contributed by atoms with van der Waals surface area (Å²) in [7, 11) is 0. The molecule has 7 heteroatoms. The third-order valence-electron chi connectivity index (χ3n) is 3.24. The number of nitrogens with zero attached hydrogens (tertiary/aromatic N) is 4. The van der Waals surface area contributed by atoms with E-state index in [1.54, 1.807) is 6.20 Å². The number of nitrogens with one attached hydrogen (secondary N) is 2. The molecule has 114 valence electrons. The van der Waals surface area contributed by atoms with Crippen molar-refractivity contribution in [1.29, 1.82) is 0 Å². The Bertz CT molecular complexity index is 588. The Hall–Kier alpha value is -1.89. The van der Waals surface area contributed by atoms with Gasteiger partial charge in [-0.25, -0.2) is 0 Å². The normalized spacial score (nSPS) is 12.1. The zero-order chi connectivity index (χ0) is 15.2. The van der Waals surface area contributed by atoms with Crippen LogP contribution in [0, 0.1) is 0 Å². The number of thiocarbonyl (C=S) groups is 1. The molecular formula is C14H22N6S. The van der Waals surface area contributed by atoms with E-state index in [4.69, 9.17) is 12.2 Å². The van der Waals surface area contributed by atoms with Gasteiger partial charge in [0.15, 0.2) is 5.11 Å². The molecule has 1 unspecified atom stereocenters. The van der Waals surface area contributed by atoms with Crippen LogP contribution in [0.15, 0.2) is 24.8 Å². The van der Waals surface area contributed by atoms with Crippen molar-refractivity contribution < 1.29 is 0 Å². The number of hydrogen-bond acceptors (Lipinski definition) is 3. The van der Waals surface area contributed by atoms with Crippen LogP contribution in [0.2, 0.25) is 0 Å². The summed E-state index contributed by atoms with van der Waals surface area (Å²) in [6, 6.07) is 0.361. The van der Waals surface area contributed by atoms with Gasteiger partial charge in [-0.15, -0.1) is 0 Å². The molecule has 0 fully saturated rings. The van der Waals surface area contributed by atoms with Crippen LogP contribution in [0.1, 0.15) is 32.8 Å². The fourth-order valence-electron chi connectivity index (χ4n) is 1.86. The van der Waals surface area contributed by atoms with Gasteiger partial charge in [0.25, 0.3) is 0 Å². The highest BCUT2D eigenvalue weighted by molar-refractivity contribution is 7.80. The van der Waals surface area contributed by atoms with Gasteiger partial charge in [-0.3, -0.25) is 9.36 Å². The van der Waals surface area contributed by atoms with E-state index in [0.717, 1.165) is 24.2 Å². The largest absolute Gasteiger partial charge is 0.360 e. The van der Waals surface area contributed by atoms with E-state index in [2.05, 4.69) is 41.6 Å². The summed E-state index contributed by atoms with van der Waals surface area (Å²) in [5.41, 5.74) is 2.02. The third-order valence-corrected chi connectivity index (χ3v) is 3.46. The van der Waals surface area contributed by atoms with Crippen molar-refractivity contribution in [3.05, 3.63) is 30.4 Å². The zero-order valence-electron chi connectivity index (χ0n) is 12.7. The minimum Gasteiger partial charge on any atom is -0.360 e. The predicted molar refractivity (Wildman–Crippen MR) is 88.3 cm³/mol. The average Bonchev–Trinajstić information content (AvgIpc) is 3.08. The topological polar surface area (TPSA) is 59.7 Å². The lowest BCUT2D eigenvalue weighted by Crippen LogP contribution is -2.35. The SMILES string of the molecule is CCC(C)NC(=S)Nc1cnn(Cc2cnn(CC)c2)c1. The molecule has 0 bridgehead atoms. The van der Waals surface area contributed by atoms with Gasteiger partial charge in [-0.05, 0) is 32.5 Å². The monoisotopic (exact) mass is 306 g/mol. The van der Waals surface area contributed by atoms with Crippen LogP contribution in [0.3, 0.4) is 0 Å². The first-order valence-electron chi connectivity index (χ1n) is 7.22. The van der Waals surface area contributed by atoms with Crippen molar-refractivity contribution in [2.24, 2.45) is 0 Å². The molecule has 2 heterocycles. The van der Waals surface area contributed by atoms with Crippen LogP contribution >= 0.6 is 12.2 Å². The molecule has 0 aliphatic carbocycles. The van der Waals surface area contributed by atoms with Gasteiger partial charge >= 0.3 is 0 Å². The van der Waals surface area contributed by atoms with E-state index < -0.39 is 0 Å². The third kappa shape index (κ3) is 4.56. The van der Waals surface area contributed by atoms with E-state index in [9.17, 15) is 0 Å². The van der Waals surface area contributed by atoms with Gasteiger partial charge in [0.1, 0.15) is 0 Å². The molecule has 0 amide bonds. The highest BCUT2D eigenvalue weighted by Gasteiger charge is 2.05.